The van der Waals surface area contributed by atoms with E-state index in [1.54, 1.807) is 0 Å². The molecule has 76 heavy (non-hydrogen) atoms. The van der Waals surface area contributed by atoms with Crippen molar-refractivity contribution in [3.8, 4) is 66.8 Å². The number of furan rings is 1. The van der Waals surface area contributed by atoms with Gasteiger partial charge in [0.05, 0.1) is 22.5 Å². The van der Waals surface area contributed by atoms with Crippen molar-refractivity contribution in [2.45, 2.75) is 5.41 Å². The van der Waals surface area contributed by atoms with Crippen LogP contribution in [-0.2, 0) is 5.41 Å². The molecule has 0 saturated carbocycles. The lowest BCUT2D eigenvalue weighted by atomic mass is 9.65. The van der Waals surface area contributed by atoms with Crippen molar-refractivity contribution in [1.29, 1.82) is 0 Å². The Bertz CT molecular complexity index is 4490. The standard InChI is InChI=1S/C73H46N2O/c1-3-21-47(22-4-1)51-25-13-18-36-68(51)74(49-40-42-70-62(43-49)55-29-10-9-28-54(55)59-32-14-19-37-69(59)75(70)48-23-5-2-6-24-48)50-39-41-58-53-27-8-7-26-52(53)56-30-11-16-34-64(56)73(66(58)44-50)65-35-17-12-31-57(65)61-46-72-63(45-67(61)73)60-33-15-20-38-71(60)76-72/h1-46H. The molecule has 0 fully saturated rings. The van der Waals surface area contributed by atoms with Crippen LogP contribution in [0.4, 0.5) is 34.1 Å². The van der Waals surface area contributed by atoms with Crippen molar-refractivity contribution >= 4 is 56.1 Å². The second-order valence-electron chi connectivity index (χ2n) is 20.3. The van der Waals surface area contributed by atoms with Crippen LogP contribution in [0.15, 0.2) is 283 Å². The largest absolute Gasteiger partial charge is 0.456 e. The van der Waals surface area contributed by atoms with Crippen LogP contribution in [0.25, 0.3) is 88.7 Å². The predicted octanol–water partition coefficient (Wildman–Crippen LogP) is 19.9. The third kappa shape index (κ3) is 6.05. The molecule has 12 aromatic carbocycles. The first-order valence-corrected chi connectivity index (χ1v) is 26.2. The van der Waals surface area contributed by atoms with E-state index in [1.165, 1.54) is 72.3 Å². The third-order valence-electron chi connectivity index (χ3n) is 16.4. The third-order valence-corrected chi connectivity index (χ3v) is 16.4. The Labute approximate surface area is 441 Å². The van der Waals surface area contributed by atoms with Crippen molar-refractivity contribution < 1.29 is 4.42 Å². The summed E-state index contributed by atoms with van der Waals surface area (Å²) in [5, 5.41) is 2.24. The number of hydrogen-bond acceptors (Lipinski definition) is 3. The van der Waals surface area contributed by atoms with E-state index < -0.39 is 5.41 Å². The molecule has 0 radical (unpaired) electrons. The van der Waals surface area contributed by atoms with E-state index in [4.69, 9.17) is 4.42 Å². The Hall–Kier alpha value is -9.96. The van der Waals surface area contributed by atoms with E-state index in [1.807, 2.05) is 0 Å². The molecular formula is C73H46N2O. The molecule has 1 unspecified atom stereocenters. The van der Waals surface area contributed by atoms with Crippen molar-refractivity contribution in [2.75, 3.05) is 9.80 Å². The molecule has 1 aromatic heterocycles. The maximum Gasteiger partial charge on any atom is 0.136 e. The Morgan fingerprint density at radius 2 is 0.789 bits per heavy atom. The zero-order valence-corrected chi connectivity index (χ0v) is 41.4. The molecule has 3 heteroatoms. The quantitative estimate of drug-likeness (QED) is 0.171. The Balaban J connectivity index is 1.02. The van der Waals surface area contributed by atoms with Crippen molar-refractivity contribution in [3.63, 3.8) is 0 Å². The van der Waals surface area contributed by atoms with Gasteiger partial charge >= 0.3 is 0 Å². The van der Waals surface area contributed by atoms with E-state index in [0.29, 0.717) is 0 Å². The minimum absolute atomic E-state index is 0.737. The lowest BCUT2D eigenvalue weighted by Crippen LogP contribution is -2.29. The van der Waals surface area contributed by atoms with Gasteiger partial charge in [-0.25, -0.2) is 0 Å². The molecule has 354 valence electrons. The molecule has 2 heterocycles. The highest BCUT2D eigenvalue weighted by Gasteiger charge is 2.50. The van der Waals surface area contributed by atoms with Crippen LogP contribution in [0, 0.1) is 0 Å². The van der Waals surface area contributed by atoms with Gasteiger partial charge in [-0.15, -0.1) is 0 Å². The molecule has 1 aliphatic heterocycles. The first-order chi connectivity index (χ1) is 37.7. The Kier molecular flexibility index (Phi) is 9.25. The number of rotatable bonds is 5. The van der Waals surface area contributed by atoms with Crippen LogP contribution in [0.5, 0.6) is 0 Å². The lowest BCUT2D eigenvalue weighted by molar-refractivity contribution is 0.668. The van der Waals surface area contributed by atoms with Gasteiger partial charge in [0.2, 0.25) is 0 Å². The summed E-state index contributed by atoms with van der Waals surface area (Å²) in [4.78, 5) is 4.95. The Morgan fingerprint density at radius 1 is 0.289 bits per heavy atom. The van der Waals surface area contributed by atoms with Gasteiger partial charge in [0.25, 0.3) is 0 Å². The molecule has 3 aliphatic rings. The fraction of sp³-hybridized carbons (Fsp3) is 0.0137. The monoisotopic (exact) mass is 966 g/mol. The SMILES string of the molecule is c1ccc(-c2ccccc2N(c2ccc3c(c2)-c2ccccc2-c2ccccc2N3c2ccccc2)c2ccc3c(c2)C2(c4ccccc4-c4ccccc4-3)c3ccccc3-c3cc4oc5ccccc5c4cc32)cc1. The van der Waals surface area contributed by atoms with E-state index in [0.717, 1.165) is 72.8 Å². The fourth-order valence-corrected chi connectivity index (χ4v) is 13.3. The predicted molar refractivity (Wildman–Crippen MR) is 315 cm³/mol. The minimum Gasteiger partial charge on any atom is -0.456 e. The topological polar surface area (TPSA) is 19.6 Å². The molecule has 13 aromatic rings. The number of hydrogen-bond donors (Lipinski definition) is 0. The van der Waals surface area contributed by atoms with Gasteiger partial charge in [0.15, 0.2) is 0 Å². The summed E-state index contributed by atoms with van der Waals surface area (Å²) in [5.41, 5.74) is 27.0. The first-order valence-electron chi connectivity index (χ1n) is 26.2. The van der Waals surface area contributed by atoms with Gasteiger partial charge in [0, 0.05) is 44.5 Å². The van der Waals surface area contributed by atoms with E-state index in [2.05, 4.69) is 289 Å². The van der Waals surface area contributed by atoms with Crippen molar-refractivity contribution in [3.05, 3.63) is 301 Å². The zero-order valence-electron chi connectivity index (χ0n) is 41.4. The molecule has 3 nitrogen and oxygen atoms in total. The number of benzene rings is 12. The zero-order chi connectivity index (χ0) is 49.9. The highest BCUT2D eigenvalue weighted by atomic mass is 16.3. The van der Waals surface area contributed by atoms with Crippen LogP contribution in [0.3, 0.4) is 0 Å². The second-order valence-corrected chi connectivity index (χ2v) is 20.3. The summed E-state index contributed by atoms with van der Waals surface area (Å²) >= 11 is 0. The highest BCUT2D eigenvalue weighted by Crippen LogP contribution is 2.63. The van der Waals surface area contributed by atoms with Crippen molar-refractivity contribution in [2.24, 2.45) is 0 Å². The number of nitrogens with zero attached hydrogens (tertiary/aromatic N) is 2. The van der Waals surface area contributed by atoms with E-state index in [9.17, 15) is 0 Å². The molecule has 0 bridgehead atoms. The molecule has 0 amide bonds. The summed E-state index contributed by atoms with van der Waals surface area (Å²) in [6, 6.07) is 103. The molecule has 1 atom stereocenters. The van der Waals surface area contributed by atoms with E-state index >= 15 is 0 Å². The molecule has 16 rings (SSSR count). The van der Waals surface area contributed by atoms with Gasteiger partial charge in [-0.05, 0) is 145 Å². The van der Waals surface area contributed by atoms with Crippen LogP contribution in [0.1, 0.15) is 22.3 Å². The van der Waals surface area contributed by atoms with Gasteiger partial charge in [-0.3, -0.25) is 0 Å². The number of anilines is 6. The molecule has 0 N–H and O–H groups in total. The molecule has 2 aliphatic carbocycles. The van der Waals surface area contributed by atoms with Gasteiger partial charge < -0.3 is 14.2 Å². The van der Waals surface area contributed by atoms with Crippen LogP contribution < -0.4 is 9.80 Å². The second kappa shape index (κ2) is 16.5. The van der Waals surface area contributed by atoms with Crippen LogP contribution in [-0.4, -0.2) is 0 Å². The average molecular weight is 967 g/mol. The maximum atomic E-state index is 6.69. The summed E-state index contributed by atoms with van der Waals surface area (Å²) in [5.74, 6) is 0. The van der Waals surface area contributed by atoms with E-state index in [-0.39, 0.29) is 0 Å². The maximum absolute atomic E-state index is 6.69. The minimum atomic E-state index is -0.737. The van der Waals surface area contributed by atoms with Crippen LogP contribution in [0.2, 0.25) is 0 Å². The molecule has 1 spiro atoms. The first kappa shape index (κ1) is 42.5. The smallest absolute Gasteiger partial charge is 0.136 e. The van der Waals surface area contributed by atoms with Gasteiger partial charge in [0.1, 0.15) is 11.2 Å². The number of fused-ring (bicyclic) bond motifs is 20. The fourth-order valence-electron chi connectivity index (χ4n) is 13.3. The summed E-state index contributed by atoms with van der Waals surface area (Å²) in [6.07, 6.45) is 0. The van der Waals surface area contributed by atoms with Crippen molar-refractivity contribution in [1.82, 2.24) is 0 Å². The summed E-state index contributed by atoms with van der Waals surface area (Å²) in [6.45, 7) is 0. The number of para-hydroxylation sites is 4. The summed E-state index contributed by atoms with van der Waals surface area (Å²) < 4.78 is 6.69. The van der Waals surface area contributed by atoms with Gasteiger partial charge in [-0.2, -0.15) is 0 Å². The Morgan fingerprint density at radius 3 is 1.53 bits per heavy atom. The summed E-state index contributed by atoms with van der Waals surface area (Å²) in [7, 11) is 0. The van der Waals surface area contributed by atoms with Gasteiger partial charge in [-0.1, -0.05) is 206 Å². The normalized spacial score (nSPS) is 14.3. The molecule has 0 saturated heterocycles. The van der Waals surface area contributed by atoms with Crippen LogP contribution >= 0.6 is 0 Å². The average Bonchev–Trinajstić information content (AvgIpc) is 4.07. The lowest BCUT2D eigenvalue weighted by Gasteiger charge is -2.37. The highest BCUT2D eigenvalue weighted by molar-refractivity contribution is 6.10. The molecular weight excluding hydrogens is 921 g/mol.